The van der Waals surface area contributed by atoms with E-state index in [9.17, 15) is 15.0 Å². The molecule has 2 amide bonds. The largest absolute Gasteiger partial charge is 0.760 e. The van der Waals surface area contributed by atoms with Gasteiger partial charge in [0.2, 0.25) is 0 Å². The van der Waals surface area contributed by atoms with Crippen molar-refractivity contribution in [1.82, 2.24) is 5.32 Å². The SMILES string of the molecule is [N-]=C=C(C(=O)NC(=O)C(Cl)(Cl)Cl)[P+](c1ccccc1)(c1ccccc1)c1ccccc1. The summed E-state index contributed by atoms with van der Waals surface area (Å²) < 4.78 is -2.34. The average Bonchev–Trinajstić information content (AvgIpc) is 2.78. The lowest BCUT2D eigenvalue weighted by atomic mass is 10.3. The molecule has 0 fully saturated rings. The van der Waals surface area contributed by atoms with Crippen molar-refractivity contribution in [3.63, 3.8) is 0 Å². The quantitative estimate of drug-likeness (QED) is 0.254. The smallest absolute Gasteiger partial charge is 0.300 e. The lowest BCUT2D eigenvalue weighted by Gasteiger charge is -2.28. The summed E-state index contributed by atoms with van der Waals surface area (Å²) in [4.78, 5) is 25.5. The predicted molar refractivity (Wildman–Crippen MR) is 130 cm³/mol. The molecule has 0 bridgehead atoms. The lowest BCUT2D eigenvalue weighted by molar-refractivity contribution is -0.127. The van der Waals surface area contributed by atoms with Gasteiger partial charge in [0.25, 0.3) is 9.70 Å². The molecule has 3 rings (SSSR count). The molecule has 0 saturated heterocycles. The van der Waals surface area contributed by atoms with E-state index in [1.165, 1.54) is 0 Å². The molecule has 3 aromatic carbocycles. The maximum Gasteiger partial charge on any atom is 0.300 e. The summed E-state index contributed by atoms with van der Waals surface area (Å²) >= 11 is 16.9. The van der Waals surface area contributed by atoms with Crippen molar-refractivity contribution in [2.75, 3.05) is 0 Å². The third-order valence-electron chi connectivity index (χ3n) is 4.57. The van der Waals surface area contributed by atoms with Gasteiger partial charge in [-0.3, -0.25) is 14.9 Å². The molecule has 31 heavy (non-hydrogen) atoms. The highest BCUT2D eigenvalue weighted by Crippen LogP contribution is 2.61. The van der Waals surface area contributed by atoms with E-state index < -0.39 is 22.9 Å². The molecule has 8 heteroatoms. The fraction of sp³-hybridized carbons (Fsp3) is 0.0435. The van der Waals surface area contributed by atoms with E-state index in [0.717, 1.165) is 15.9 Å². The van der Waals surface area contributed by atoms with Crippen LogP contribution in [0.4, 0.5) is 0 Å². The first-order valence-electron chi connectivity index (χ1n) is 9.08. The molecule has 0 spiro atoms. The normalized spacial score (nSPS) is 11.3. The summed E-state index contributed by atoms with van der Waals surface area (Å²) in [7, 11) is -2.97. The number of nitrogens with zero attached hydrogens (tertiary/aromatic N) is 1. The Kier molecular flexibility index (Phi) is 7.33. The van der Waals surface area contributed by atoms with E-state index >= 15 is 0 Å². The van der Waals surface area contributed by atoms with Gasteiger partial charge in [0, 0.05) is 0 Å². The fourth-order valence-electron chi connectivity index (χ4n) is 3.30. The Labute approximate surface area is 195 Å². The van der Waals surface area contributed by atoms with Gasteiger partial charge in [-0.25, -0.2) is 5.87 Å². The van der Waals surface area contributed by atoms with Crippen molar-refractivity contribution in [2.45, 2.75) is 3.79 Å². The molecule has 0 radical (unpaired) electrons. The van der Waals surface area contributed by atoms with E-state index in [2.05, 4.69) is 11.2 Å². The van der Waals surface area contributed by atoms with Crippen LogP contribution in [0.3, 0.4) is 0 Å². The second kappa shape index (κ2) is 9.78. The zero-order valence-electron chi connectivity index (χ0n) is 16.0. The van der Waals surface area contributed by atoms with Crippen LogP contribution in [0.25, 0.3) is 5.41 Å². The zero-order valence-corrected chi connectivity index (χ0v) is 19.2. The second-order valence-electron chi connectivity index (χ2n) is 6.42. The van der Waals surface area contributed by atoms with Gasteiger partial charge in [0.1, 0.15) is 15.9 Å². The number of rotatable bonds is 5. The van der Waals surface area contributed by atoms with Crippen molar-refractivity contribution >= 4 is 75.7 Å². The molecule has 1 N–H and O–H groups in total. The molecule has 0 aliphatic rings. The van der Waals surface area contributed by atoms with Crippen LogP contribution < -0.4 is 21.2 Å². The van der Waals surface area contributed by atoms with Gasteiger partial charge in [0.15, 0.2) is 12.6 Å². The molecule has 0 unspecified atom stereocenters. The molecule has 156 valence electrons. The minimum Gasteiger partial charge on any atom is -0.760 e. The molecule has 0 aliphatic carbocycles. The van der Waals surface area contributed by atoms with E-state index in [-0.39, 0.29) is 5.31 Å². The van der Waals surface area contributed by atoms with Gasteiger partial charge in [-0.1, -0.05) is 89.4 Å². The topological polar surface area (TPSA) is 68.5 Å². The molecule has 0 aliphatic heterocycles. The summed E-state index contributed by atoms with van der Waals surface area (Å²) in [5, 5.41) is 14.5. The highest BCUT2D eigenvalue weighted by Gasteiger charge is 2.52. The van der Waals surface area contributed by atoms with Crippen molar-refractivity contribution in [1.29, 1.82) is 0 Å². The molecular formula is C23H16Cl3N2O2P. The second-order valence-corrected chi connectivity index (χ2v) is 12.0. The highest BCUT2D eigenvalue weighted by atomic mass is 35.6. The van der Waals surface area contributed by atoms with Crippen molar-refractivity contribution in [3.8, 4) is 0 Å². The minimum absolute atomic E-state index is 0.126. The van der Waals surface area contributed by atoms with Crippen molar-refractivity contribution in [2.24, 2.45) is 0 Å². The van der Waals surface area contributed by atoms with Crippen LogP contribution in [0.5, 0.6) is 0 Å². The number of carbonyl (C=O) groups is 2. The molecule has 4 nitrogen and oxygen atoms in total. The number of alkyl halides is 3. The third kappa shape index (κ3) is 4.75. The minimum atomic E-state index is -2.97. The van der Waals surface area contributed by atoms with Crippen LogP contribution in [-0.4, -0.2) is 21.5 Å². The monoisotopic (exact) mass is 488 g/mol. The first-order valence-corrected chi connectivity index (χ1v) is 12.0. The Hall–Kier alpha value is -2.45. The number of imide groups is 1. The van der Waals surface area contributed by atoms with Crippen LogP contribution in [0.15, 0.2) is 96.3 Å². The fourth-order valence-corrected chi connectivity index (χ4v) is 7.48. The standard InChI is InChI=1S/C23H16Cl3N2O2P/c24-23(25,26)22(30)28-21(29)20(16-27)31(17-10-4-1-5-11-17,18-12-6-2-7-13-18)19-14-8-3-9-15-19/h1-15H,(H,28,29,30). The van der Waals surface area contributed by atoms with Crippen LogP contribution in [-0.2, 0) is 9.59 Å². The van der Waals surface area contributed by atoms with Crippen LogP contribution in [0.1, 0.15) is 0 Å². The number of benzene rings is 3. The number of amides is 2. The van der Waals surface area contributed by atoms with Crippen molar-refractivity contribution in [3.05, 3.63) is 102 Å². The summed E-state index contributed by atoms with van der Waals surface area (Å²) in [6.07, 6.45) is 0. The van der Waals surface area contributed by atoms with Gasteiger partial charge >= 0.3 is 5.91 Å². The summed E-state index contributed by atoms with van der Waals surface area (Å²) in [5.74, 6) is 0.0456. The van der Waals surface area contributed by atoms with Crippen LogP contribution in [0, 0.1) is 0 Å². The third-order valence-corrected chi connectivity index (χ3v) is 9.28. The Morgan fingerprint density at radius 1 is 0.742 bits per heavy atom. The van der Waals surface area contributed by atoms with E-state index in [0.29, 0.717) is 0 Å². The van der Waals surface area contributed by atoms with Gasteiger partial charge in [-0.15, -0.1) is 0 Å². The predicted octanol–water partition coefficient (Wildman–Crippen LogP) is 4.12. The molecule has 0 aromatic heterocycles. The highest BCUT2D eigenvalue weighted by molar-refractivity contribution is 8.00. The Balaban J connectivity index is 2.33. The maximum atomic E-state index is 13.3. The Bertz CT molecular complexity index is 1030. The number of nitrogens with one attached hydrogen (secondary N) is 1. The van der Waals surface area contributed by atoms with E-state index in [4.69, 9.17) is 34.8 Å². The van der Waals surface area contributed by atoms with Crippen LogP contribution >= 0.6 is 42.1 Å². The number of carbonyl (C=O) groups excluding carboxylic acids is 2. The number of hydrogen-bond acceptors (Lipinski definition) is 2. The number of halogens is 3. The Morgan fingerprint density at radius 2 is 1.10 bits per heavy atom. The van der Waals surface area contributed by atoms with Gasteiger partial charge < -0.3 is 5.41 Å². The first-order chi connectivity index (χ1) is 14.8. The maximum absolute atomic E-state index is 13.3. The average molecular weight is 490 g/mol. The Morgan fingerprint density at radius 3 is 1.39 bits per heavy atom. The molecule has 3 aromatic rings. The van der Waals surface area contributed by atoms with Gasteiger partial charge in [0.05, 0.1) is 0 Å². The summed E-state index contributed by atoms with van der Waals surface area (Å²) in [6.45, 7) is 0. The first kappa shape index (κ1) is 23.2. The van der Waals surface area contributed by atoms with Crippen molar-refractivity contribution < 1.29 is 9.59 Å². The molecule has 0 atom stereocenters. The van der Waals surface area contributed by atoms with E-state index in [1.54, 1.807) is 0 Å². The number of hydrogen-bond donors (Lipinski definition) is 1. The molecule has 0 saturated carbocycles. The van der Waals surface area contributed by atoms with Crippen LogP contribution in [0.2, 0.25) is 0 Å². The summed E-state index contributed by atoms with van der Waals surface area (Å²) in [5.41, 5.74) is 0. The zero-order chi connectivity index (χ0) is 22.5. The molecular weight excluding hydrogens is 474 g/mol. The van der Waals surface area contributed by atoms with Gasteiger partial charge in [-0.05, 0) is 36.4 Å². The van der Waals surface area contributed by atoms with Gasteiger partial charge in [-0.2, -0.15) is 0 Å². The summed E-state index contributed by atoms with van der Waals surface area (Å²) in [6, 6.07) is 27.8. The van der Waals surface area contributed by atoms with E-state index in [1.807, 2.05) is 91.0 Å². The molecule has 0 heterocycles. The lowest BCUT2D eigenvalue weighted by Crippen LogP contribution is -2.43.